The molecule has 0 saturated carbocycles. The van der Waals surface area contributed by atoms with Gasteiger partial charge in [-0.1, -0.05) is 30.7 Å². The topological polar surface area (TPSA) is 59.1 Å². The van der Waals surface area contributed by atoms with Gasteiger partial charge in [0.05, 0.1) is 14.2 Å². The summed E-state index contributed by atoms with van der Waals surface area (Å²) in [5, 5.41) is 0. The van der Waals surface area contributed by atoms with Crippen LogP contribution in [-0.4, -0.2) is 62.0 Å². The molecular formula is C31H34F2N2O4. The number of rotatable bonds is 10. The summed E-state index contributed by atoms with van der Waals surface area (Å²) in [5.74, 6) is 0.432. The van der Waals surface area contributed by atoms with Crippen LogP contribution < -0.4 is 9.47 Å². The molecule has 0 N–H and O–H groups in total. The fourth-order valence-corrected chi connectivity index (χ4v) is 5.01. The minimum absolute atomic E-state index is 0.00700. The number of amides is 2. The number of hydrogen-bond acceptors (Lipinski definition) is 4. The van der Waals surface area contributed by atoms with Crippen molar-refractivity contribution in [3.63, 3.8) is 0 Å². The van der Waals surface area contributed by atoms with E-state index in [0.717, 1.165) is 24.0 Å². The molecule has 0 aliphatic carbocycles. The van der Waals surface area contributed by atoms with Gasteiger partial charge in [-0.15, -0.1) is 0 Å². The number of halogens is 2. The summed E-state index contributed by atoms with van der Waals surface area (Å²) < 4.78 is 37.5. The smallest absolute Gasteiger partial charge is 0.254 e. The number of nitrogens with zero attached hydrogens (tertiary/aromatic N) is 2. The quantitative estimate of drug-likeness (QED) is 0.314. The zero-order valence-electron chi connectivity index (χ0n) is 22.4. The van der Waals surface area contributed by atoms with Gasteiger partial charge in [-0.25, -0.2) is 8.78 Å². The van der Waals surface area contributed by atoms with Crippen LogP contribution in [0.1, 0.15) is 53.1 Å². The van der Waals surface area contributed by atoms with E-state index in [1.807, 2.05) is 4.90 Å². The van der Waals surface area contributed by atoms with Gasteiger partial charge >= 0.3 is 0 Å². The van der Waals surface area contributed by atoms with E-state index >= 15 is 0 Å². The molecule has 1 saturated heterocycles. The van der Waals surface area contributed by atoms with Crippen molar-refractivity contribution in [2.75, 3.05) is 40.4 Å². The highest BCUT2D eigenvalue weighted by molar-refractivity contribution is 5.95. The van der Waals surface area contributed by atoms with Crippen LogP contribution in [0, 0.1) is 11.6 Å². The SMILES string of the molecule is COc1ccc(C(=O)N2CCN(C(=O)CCCCC(c3ccc(F)cc3)c3ccc(F)cc3)CC2)cc1OC. The normalized spacial score (nSPS) is 13.5. The lowest BCUT2D eigenvalue weighted by atomic mass is 9.87. The summed E-state index contributed by atoms with van der Waals surface area (Å²) in [7, 11) is 3.08. The Morgan fingerprint density at radius 1 is 0.744 bits per heavy atom. The molecule has 3 aromatic carbocycles. The third-order valence-corrected chi connectivity index (χ3v) is 7.23. The number of piperazine rings is 1. The Balaban J connectivity index is 1.26. The second-order valence-electron chi connectivity index (χ2n) is 9.64. The molecule has 1 heterocycles. The molecule has 0 bridgehead atoms. The molecule has 1 fully saturated rings. The zero-order chi connectivity index (χ0) is 27.8. The van der Waals surface area contributed by atoms with Gasteiger partial charge in [0.25, 0.3) is 5.91 Å². The Hall–Kier alpha value is -3.94. The van der Waals surface area contributed by atoms with Crippen LogP contribution in [0.15, 0.2) is 66.7 Å². The minimum Gasteiger partial charge on any atom is -0.493 e. The average Bonchev–Trinajstić information content (AvgIpc) is 2.97. The molecule has 39 heavy (non-hydrogen) atoms. The molecule has 0 radical (unpaired) electrons. The van der Waals surface area contributed by atoms with Crippen LogP contribution in [-0.2, 0) is 4.79 Å². The molecule has 0 spiro atoms. The average molecular weight is 537 g/mol. The first kappa shape index (κ1) is 28.1. The molecule has 2 amide bonds. The van der Waals surface area contributed by atoms with E-state index < -0.39 is 0 Å². The Morgan fingerprint density at radius 2 is 1.28 bits per heavy atom. The van der Waals surface area contributed by atoms with Gasteiger partial charge in [-0.2, -0.15) is 0 Å². The van der Waals surface area contributed by atoms with E-state index in [2.05, 4.69) is 0 Å². The molecule has 0 unspecified atom stereocenters. The third-order valence-electron chi connectivity index (χ3n) is 7.23. The first-order valence-corrected chi connectivity index (χ1v) is 13.2. The molecular weight excluding hydrogens is 502 g/mol. The van der Waals surface area contributed by atoms with Crippen molar-refractivity contribution in [3.05, 3.63) is 95.1 Å². The maximum atomic E-state index is 13.5. The molecule has 206 valence electrons. The van der Waals surface area contributed by atoms with Crippen molar-refractivity contribution in [3.8, 4) is 11.5 Å². The second-order valence-corrected chi connectivity index (χ2v) is 9.64. The van der Waals surface area contributed by atoms with Crippen LogP contribution >= 0.6 is 0 Å². The molecule has 4 rings (SSSR count). The maximum absolute atomic E-state index is 13.5. The summed E-state index contributed by atoms with van der Waals surface area (Å²) in [6.45, 7) is 1.92. The Labute approximate surface area is 228 Å². The highest BCUT2D eigenvalue weighted by Gasteiger charge is 2.25. The van der Waals surface area contributed by atoms with Crippen LogP contribution in [0.25, 0.3) is 0 Å². The van der Waals surface area contributed by atoms with Crippen molar-refractivity contribution in [2.45, 2.75) is 31.6 Å². The lowest BCUT2D eigenvalue weighted by molar-refractivity contribution is -0.132. The van der Waals surface area contributed by atoms with Crippen molar-refractivity contribution < 1.29 is 27.8 Å². The van der Waals surface area contributed by atoms with Crippen molar-refractivity contribution in [1.82, 2.24) is 9.80 Å². The van der Waals surface area contributed by atoms with E-state index in [9.17, 15) is 18.4 Å². The van der Waals surface area contributed by atoms with E-state index in [-0.39, 0.29) is 29.4 Å². The highest BCUT2D eigenvalue weighted by Crippen LogP contribution is 2.31. The lowest BCUT2D eigenvalue weighted by Gasteiger charge is -2.35. The predicted octanol–water partition coefficient (Wildman–Crippen LogP) is 5.66. The number of benzene rings is 3. The van der Waals surface area contributed by atoms with Gasteiger partial charge in [-0.05, 0) is 66.4 Å². The first-order valence-electron chi connectivity index (χ1n) is 13.2. The molecule has 1 aliphatic heterocycles. The van der Waals surface area contributed by atoms with Crippen LogP contribution in [0.3, 0.4) is 0 Å². The lowest BCUT2D eigenvalue weighted by Crippen LogP contribution is -2.50. The maximum Gasteiger partial charge on any atom is 0.254 e. The Kier molecular flexibility index (Phi) is 9.52. The summed E-state index contributed by atoms with van der Waals surface area (Å²) in [6.07, 6.45) is 2.69. The van der Waals surface area contributed by atoms with Crippen LogP contribution in [0.5, 0.6) is 11.5 Å². The number of unbranched alkanes of at least 4 members (excludes halogenated alkanes) is 1. The number of methoxy groups -OCH3 is 2. The largest absolute Gasteiger partial charge is 0.493 e. The minimum atomic E-state index is -0.298. The Morgan fingerprint density at radius 3 is 1.82 bits per heavy atom. The first-order chi connectivity index (χ1) is 18.9. The van der Waals surface area contributed by atoms with E-state index in [1.165, 1.54) is 31.4 Å². The van der Waals surface area contributed by atoms with Crippen LogP contribution in [0.4, 0.5) is 8.78 Å². The fraction of sp³-hybridized carbons (Fsp3) is 0.355. The molecule has 3 aromatic rings. The standard InChI is InChI=1S/C31H34F2N2O4/c1-38-28-16-11-24(21-29(28)39-2)31(37)35-19-17-34(18-20-35)30(36)6-4-3-5-27(22-7-12-25(32)13-8-22)23-9-14-26(33)15-10-23/h7-16,21,27H,3-6,17-20H2,1-2H3. The van der Waals surface area contributed by atoms with Gasteiger partial charge in [0.15, 0.2) is 11.5 Å². The Bertz CT molecular complexity index is 1210. The van der Waals surface area contributed by atoms with Gasteiger partial charge in [-0.3, -0.25) is 9.59 Å². The van der Waals surface area contributed by atoms with Gasteiger partial charge in [0, 0.05) is 44.1 Å². The van der Waals surface area contributed by atoms with E-state index in [0.29, 0.717) is 56.1 Å². The van der Waals surface area contributed by atoms with Crippen molar-refractivity contribution >= 4 is 11.8 Å². The molecule has 0 atom stereocenters. The van der Waals surface area contributed by atoms with Crippen molar-refractivity contribution in [2.24, 2.45) is 0 Å². The number of ether oxygens (including phenoxy) is 2. The van der Waals surface area contributed by atoms with Gasteiger partial charge in [0.2, 0.25) is 5.91 Å². The van der Waals surface area contributed by atoms with Gasteiger partial charge in [0.1, 0.15) is 11.6 Å². The second kappa shape index (κ2) is 13.2. The molecule has 8 heteroatoms. The monoisotopic (exact) mass is 536 g/mol. The highest BCUT2D eigenvalue weighted by atomic mass is 19.1. The predicted molar refractivity (Wildman–Crippen MR) is 145 cm³/mol. The molecule has 0 aromatic heterocycles. The van der Waals surface area contributed by atoms with E-state index in [4.69, 9.17) is 9.47 Å². The van der Waals surface area contributed by atoms with E-state index in [1.54, 1.807) is 54.5 Å². The summed E-state index contributed by atoms with van der Waals surface area (Å²) in [4.78, 5) is 29.4. The van der Waals surface area contributed by atoms with Crippen LogP contribution in [0.2, 0.25) is 0 Å². The molecule has 6 nitrogen and oxygen atoms in total. The third kappa shape index (κ3) is 7.13. The van der Waals surface area contributed by atoms with Gasteiger partial charge < -0.3 is 19.3 Å². The summed E-state index contributed by atoms with van der Waals surface area (Å²) in [5.41, 5.74) is 2.44. The number of carbonyl (C=O) groups is 2. The fourth-order valence-electron chi connectivity index (χ4n) is 5.01. The summed E-state index contributed by atoms with van der Waals surface area (Å²) >= 11 is 0. The molecule has 1 aliphatic rings. The zero-order valence-corrected chi connectivity index (χ0v) is 22.4. The summed E-state index contributed by atoms with van der Waals surface area (Å²) in [6, 6.07) is 17.9. The number of carbonyl (C=O) groups excluding carboxylic acids is 2. The van der Waals surface area contributed by atoms with Crippen molar-refractivity contribution in [1.29, 1.82) is 0 Å². The number of hydrogen-bond donors (Lipinski definition) is 0.